The summed E-state index contributed by atoms with van der Waals surface area (Å²) in [6, 6.07) is 5.60. The van der Waals surface area contributed by atoms with E-state index in [1.54, 1.807) is 6.07 Å². The summed E-state index contributed by atoms with van der Waals surface area (Å²) in [5.74, 6) is 0. The number of nitrogens with zero attached hydrogens (tertiary/aromatic N) is 2. The number of hydrogen-bond acceptors (Lipinski definition) is 3. The predicted octanol–water partition coefficient (Wildman–Crippen LogP) is 1.39. The summed E-state index contributed by atoms with van der Waals surface area (Å²) in [4.78, 5) is 4.12. The second kappa shape index (κ2) is 2.67. The molecule has 1 aliphatic heterocycles. The molecule has 0 aromatic carbocycles. The van der Waals surface area contributed by atoms with Crippen LogP contribution in [-0.2, 0) is 0 Å². The lowest BCUT2D eigenvalue weighted by atomic mass is 10.2. The number of aromatic nitrogens is 1. The van der Waals surface area contributed by atoms with Crippen LogP contribution in [0.15, 0.2) is 18.2 Å². The van der Waals surface area contributed by atoms with Crippen LogP contribution >= 0.6 is 0 Å². The van der Waals surface area contributed by atoms with Crippen LogP contribution < -0.4 is 5.32 Å². The third-order valence-electron chi connectivity index (χ3n) is 1.73. The molecule has 2 heterocycles. The Labute approximate surface area is 70.4 Å². The van der Waals surface area contributed by atoms with E-state index in [2.05, 4.69) is 10.3 Å². The smallest absolute Gasteiger partial charge is 0.141 e. The van der Waals surface area contributed by atoms with Crippen molar-refractivity contribution < 1.29 is 0 Å². The maximum atomic E-state index is 8.58. The molecule has 0 amide bonds. The normalized spacial score (nSPS) is 12.9. The van der Waals surface area contributed by atoms with E-state index in [9.17, 15) is 0 Å². The molecule has 0 atom stereocenters. The molecule has 12 heavy (non-hydrogen) atoms. The highest BCUT2D eigenvalue weighted by Crippen LogP contribution is 2.17. The largest absolute Gasteiger partial charge is 0.380 e. The van der Waals surface area contributed by atoms with Crippen LogP contribution in [0.1, 0.15) is 11.4 Å². The highest BCUT2D eigenvalue weighted by Gasteiger charge is 2.04. The monoisotopic (exact) mass is 157 g/mol. The van der Waals surface area contributed by atoms with Crippen molar-refractivity contribution in [2.45, 2.75) is 0 Å². The maximum Gasteiger partial charge on any atom is 0.141 e. The Kier molecular flexibility index (Phi) is 1.52. The SMILES string of the molecule is N#Cc1ccc2c(n1)C=CCN2. The van der Waals surface area contributed by atoms with Gasteiger partial charge in [0.25, 0.3) is 0 Å². The molecule has 2 rings (SSSR count). The minimum atomic E-state index is 0.460. The second-order valence-corrected chi connectivity index (χ2v) is 2.52. The van der Waals surface area contributed by atoms with Gasteiger partial charge in [0.05, 0.1) is 11.4 Å². The Balaban J connectivity index is 2.53. The molecule has 0 unspecified atom stereocenters. The molecule has 1 aromatic rings. The first-order chi connectivity index (χ1) is 5.90. The van der Waals surface area contributed by atoms with Crippen molar-refractivity contribution in [2.75, 3.05) is 11.9 Å². The predicted molar refractivity (Wildman–Crippen MR) is 46.5 cm³/mol. The lowest BCUT2D eigenvalue weighted by Crippen LogP contribution is -2.06. The van der Waals surface area contributed by atoms with Crippen LogP contribution in [0.25, 0.3) is 6.08 Å². The van der Waals surface area contributed by atoms with Crippen molar-refractivity contribution in [2.24, 2.45) is 0 Å². The van der Waals surface area contributed by atoms with E-state index in [0.29, 0.717) is 5.69 Å². The van der Waals surface area contributed by atoms with Gasteiger partial charge in [0.1, 0.15) is 11.8 Å². The van der Waals surface area contributed by atoms with Gasteiger partial charge in [0.15, 0.2) is 0 Å². The number of pyridine rings is 1. The highest BCUT2D eigenvalue weighted by molar-refractivity contribution is 5.67. The molecule has 0 radical (unpaired) electrons. The van der Waals surface area contributed by atoms with Crippen molar-refractivity contribution >= 4 is 11.8 Å². The van der Waals surface area contributed by atoms with Gasteiger partial charge < -0.3 is 5.32 Å². The fourth-order valence-electron chi connectivity index (χ4n) is 1.15. The van der Waals surface area contributed by atoms with E-state index in [1.807, 2.05) is 24.3 Å². The molecule has 0 aliphatic carbocycles. The fraction of sp³-hybridized carbons (Fsp3) is 0.111. The summed E-state index contributed by atoms with van der Waals surface area (Å²) >= 11 is 0. The van der Waals surface area contributed by atoms with Crippen molar-refractivity contribution in [1.82, 2.24) is 4.98 Å². The van der Waals surface area contributed by atoms with Gasteiger partial charge in [-0.25, -0.2) is 4.98 Å². The van der Waals surface area contributed by atoms with Crippen LogP contribution in [0.5, 0.6) is 0 Å². The minimum Gasteiger partial charge on any atom is -0.380 e. The summed E-state index contributed by atoms with van der Waals surface area (Å²) in [6.45, 7) is 0.834. The molecule has 0 spiro atoms. The van der Waals surface area contributed by atoms with E-state index < -0.39 is 0 Å². The number of hydrogen-bond donors (Lipinski definition) is 1. The Bertz CT molecular complexity index is 374. The topological polar surface area (TPSA) is 48.7 Å². The van der Waals surface area contributed by atoms with Crippen molar-refractivity contribution in [3.8, 4) is 6.07 Å². The van der Waals surface area contributed by atoms with E-state index in [-0.39, 0.29) is 0 Å². The van der Waals surface area contributed by atoms with Gasteiger partial charge in [0, 0.05) is 6.54 Å². The van der Waals surface area contributed by atoms with E-state index >= 15 is 0 Å². The first-order valence-corrected chi connectivity index (χ1v) is 3.72. The van der Waals surface area contributed by atoms with Crippen LogP contribution in [-0.4, -0.2) is 11.5 Å². The number of fused-ring (bicyclic) bond motifs is 1. The fourth-order valence-corrected chi connectivity index (χ4v) is 1.15. The first-order valence-electron chi connectivity index (χ1n) is 3.72. The van der Waals surface area contributed by atoms with Gasteiger partial charge in [-0.2, -0.15) is 5.26 Å². The van der Waals surface area contributed by atoms with Gasteiger partial charge in [-0.1, -0.05) is 6.08 Å². The summed E-state index contributed by atoms with van der Waals surface area (Å²) in [7, 11) is 0. The van der Waals surface area contributed by atoms with E-state index in [1.165, 1.54) is 0 Å². The van der Waals surface area contributed by atoms with Crippen LogP contribution in [0.2, 0.25) is 0 Å². The molecule has 0 saturated carbocycles. The highest BCUT2D eigenvalue weighted by atomic mass is 14.9. The minimum absolute atomic E-state index is 0.460. The van der Waals surface area contributed by atoms with E-state index in [0.717, 1.165) is 17.9 Å². The maximum absolute atomic E-state index is 8.58. The molecular weight excluding hydrogens is 150 g/mol. The zero-order valence-corrected chi connectivity index (χ0v) is 6.41. The molecule has 0 saturated heterocycles. The average Bonchev–Trinajstić information content (AvgIpc) is 2.17. The Hall–Kier alpha value is -1.82. The zero-order chi connectivity index (χ0) is 8.39. The lowest BCUT2D eigenvalue weighted by molar-refractivity contribution is 1.19. The number of nitrogens with one attached hydrogen (secondary N) is 1. The van der Waals surface area contributed by atoms with Crippen LogP contribution in [0.3, 0.4) is 0 Å². The molecule has 0 bridgehead atoms. The van der Waals surface area contributed by atoms with E-state index in [4.69, 9.17) is 5.26 Å². The Morgan fingerprint density at radius 1 is 1.50 bits per heavy atom. The van der Waals surface area contributed by atoms with Crippen LogP contribution in [0.4, 0.5) is 5.69 Å². The number of anilines is 1. The van der Waals surface area contributed by atoms with Gasteiger partial charge >= 0.3 is 0 Å². The Morgan fingerprint density at radius 3 is 3.25 bits per heavy atom. The molecule has 58 valence electrons. The van der Waals surface area contributed by atoms with Crippen molar-refractivity contribution in [3.05, 3.63) is 29.6 Å². The number of rotatable bonds is 0. The second-order valence-electron chi connectivity index (χ2n) is 2.52. The molecule has 3 heteroatoms. The molecule has 3 nitrogen and oxygen atoms in total. The summed E-state index contributed by atoms with van der Waals surface area (Å²) < 4.78 is 0. The van der Waals surface area contributed by atoms with Gasteiger partial charge in [-0.3, -0.25) is 0 Å². The zero-order valence-electron chi connectivity index (χ0n) is 6.41. The Morgan fingerprint density at radius 2 is 2.42 bits per heavy atom. The third-order valence-corrected chi connectivity index (χ3v) is 1.73. The molecule has 1 N–H and O–H groups in total. The van der Waals surface area contributed by atoms with Crippen molar-refractivity contribution in [3.63, 3.8) is 0 Å². The van der Waals surface area contributed by atoms with Gasteiger partial charge in [-0.05, 0) is 18.2 Å². The summed E-state index contributed by atoms with van der Waals surface area (Å²) in [6.07, 6.45) is 3.91. The summed E-state index contributed by atoms with van der Waals surface area (Å²) in [5, 5.41) is 11.7. The van der Waals surface area contributed by atoms with Crippen LogP contribution in [0, 0.1) is 11.3 Å². The number of nitriles is 1. The molecular formula is C9H7N3. The summed E-state index contributed by atoms with van der Waals surface area (Å²) in [5.41, 5.74) is 2.30. The quantitative estimate of drug-likeness (QED) is 0.619. The average molecular weight is 157 g/mol. The van der Waals surface area contributed by atoms with Crippen molar-refractivity contribution in [1.29, 1.82) is 5.26 Å². The third kappa shape index (κ3) is 1.04. The van der Waals surface area contributed by atoms with Gasteiger partial charge in [0.2, 0.25) is 0 Å². The first kappa shape index (κ1) is 6.86. The lowest BCUT2D eigenvalue weighted by Gasteiger charge is -2.10. The molecule has 1 aromatic heterocycles. The standard InChI is InChI=1S/C9H7N3/c10-6-7-3-4-8-9(12-7)2-1-5-11-8/h1-4,11H,5H2. The molecule has 0 fully saturated rings. The van der Waals surface area contributed by atoms with Gasteiger partial charge in [-0.15, -0.1) is 0 Å². The molecule has 1 aliphatic rings.